The molecule has 1 aromatic heterocycles. The van der Waals surface area contributed by atoms with Crippen molar-refractivity contribution in [2.24, 2.45) is 0 Å². The van der Waals surface area contributed by atoms with Crippen LogP contribution in [0.2, 0.25) is 5.02 Å². The second-order valence-corrected chi connectivity index (χ2v) is 6.59. The van der Waals surface area contributed by atoms with Gasteiger partial charge in [0, 0.05) is 10.6 Å². The van der Waals surface area contributed by atoms with Crippen molar-refractivity contribution in [1.29, 1.82) is 0 Å². The van der Waals surface area contributed by atoms with Crippen LogP contribution in [0.1, 0.15) is 0 Å². The first-order chi connectivity index (χ1) is 13.2. The molecule has 0 radical (unpaired) electrons. The molecular formula is C20H17ClN4O2. The standard InChI is InChI=1S/C20H17ClN4O2/c21-17-7-3-6-16(10-17)20-22-24-25(23-20)12-18(26)13-27-19-9-8-14-4-1-2-5-15(14)11-19/h1-11,18,26H,12-13H2. The summed E-state index contributed by atoms with van der Waals surface area (Å²) in [5.74, 6) is 1.17. The molecule has 0 saturated heterocycles. The molecule has 4 aromatic rings. The highest BCUT2D eigenvalue weighted by Gasteiger charge is 2.11. The molecule has 1 atom stereocenters. The largest absolute Gasteiger partial charge is 0.491 e. The number of hydrogen-bond donors (Lipinski definition) is 1. The number of fused-ring (bicyclic) bond motifs is 1. The molecule has 0 fully saturated rings. The molecule has 1 unspecified atom stereocenters. The van der Waals surface area contributed by atoms with E-state index in [4.69, 9.17) is 16.3 Å². The monoisotopic (exact) mass is 380 g/mol. The minimum atomic E-state index is -0.766. The number of tetrazole rings is 1. The Morgan fingerprint density at radius 1 is 1.00 bits per heavy atom. The molecular weight excluding hydrogens is 364 g/mol. The SMILES string of the molecule is OC(COc1ccc2ccccc2c1)Cn1nnc(-c2cccc(Cl)c2)n1. The number of halogens is 1. The fourth-order valence-electron chi connectivity index (χ4n) is 2.75. The van der Waals surface area contributed by atoms with Gasteiger partial charge in [0.25, 0.3) is 0 Å². The van der Waals surface area contributed by atoms with Crippen LogP contribution in [0.4, 0.5) is 0 Å². The predicted molar refractivity (Wildman–Crippen MR) is 104 cm³/mol. The Hall–Kier alpha value is -2.96. The highest BCUT2D eigenvalue weighted by Crippen LogP contribution is 2.21. The summed E-state index contributed by atoms with van der Waals surface area (Å²) in [5.41, 5.74) is 0.774. The van der Waals surface area contributed by atoms with Gasteiger partial charge in [-0.15, -0.1) is 10.2 Å². The maximum absolute atomic E-state index is 10.2. The lowest BCUT2D eigenvalue weighted by molar-refractivity contribution is 0.0850. The van der Waals surface area contributed by atoms with Crippen LogP contribution < -0.4 is 4.74 Å². The Morgan fingerprint density at radius 3 is 2.70 bits per heavy atom. The van der Waals surface area contributed by atoms with E-state index in [1.54, 1.807) is 12.1 Å². The van der Waals surface area contributed by atoms with Gasteiger partial charge in [-0.05, 0) is 40.3 Å². The first-order valence-corrected chi connectivity index (χ1v) is 8.88. The Morgan fingerprint density at radius 2 is 1.85 bits per heavy atom. The van der Waals surface area contributed by atoms with Crippen LogP contribution in [-0.4, -0.2) is 38.0 Å². The summed E-state index contributed by atoms with van der Waals surface area (Å²) in [5, 5.41) is 25.3. The number of ether oxygens (including phenoxy) is 1. The zero-order valence-corrected chi connectivity index (χ0v) is 15.1. The van der Waals surface area contributed by atoms with Crippen LogP contribution in [0.5, 0.6) is 5.75 Å². The van der Waals surface area contributed by atoms with Crippen molar-refractivity contribution in [2.45, 2.75) is 12.6 Å². The van der Waals surface area contributed by atoms with Gasteiger partial charge in [-0.2, -0.15) is 4.80 Å². The van der Waals surface area contributed by atoms with Gasteiger partial charge >= 0.3 is 0 Å². The lowest BCUT2D eigenvalue weighted by Gasteiger charge is -2.12. The van der Waals surface area contributed by atoms with Crippen molar-refractivity contribution in [3.8, 4) is 17.1 Å². The van der Waals surface area contributed by atoms with Crippen LogP contribution in [0, 0.1) is 0 Å². The molecule has 1 heterocycles. The molecule has 1 N–H and O–H groups in total. The van der Waals surface area contributed by atoms with Gasteiger partial charge in [-0.3, -0.25) is 0 Å². The second-order valence-electron chi connectivity index (χ2n) is 6.15. The topological polar surface area (TPSA) is 73.1 Å². The third-order valence-corrected chi connectivity index (χ3v) is 4.31. The third kappa shape index (κ3) is 4.24. The number of aromatic nitrogens is 4. The van der Waals surface area contributed by atoms with Crippen LogP contribution in [-0.2, 0) is 6.54 Å². The van der Waals surface area contributed by atoms with Crippen LogP contribution in [0.25, 0.3) is 22.2 Å². The van der Waals surface area contributed by atoms with E-state index in [-0.39, 0.29) is 13.2 Å². The first-order valence-electron chi connectivity index (χ1n) is 8.51. The van der Waals surface area contributed by atoms with E-state index in [9.17, 15) is 5.11 Å². The summed E-state index contributed by atoms with van der Waals surface area (Å²) in [4.78, 5) is 1.35. The van der Waals surface area contributed by atoms with Gasteiger partial charge in [-0.25, -0.2) is 0 Å². The van der Waals surface area contributed by atoms with E-state index in [0.717, 1.165) is 16.3 Å². The number of benzene rings is 3. The maximum Gasteiger partial charge on any atom is 0.204 e. The van der Waals surface area contributed by atoms with Crippen LogP contribution in [0.3, 0.4) is 0 Å². The molecule has 6 nitrogen and oxygen atoms in total. The second kappa shape index (κ2) is 7.73. The molecule has 0 aliphatic heterocycles. The van der Waals surface area contributed by atoms with E-state index < -0.39 is 6.10 Å². The quantitative estimate of drug-likeness (QED) is 0.553. The molecule has 0 amide bonds. The molecule has 0 spiro atoms. The molecule has 7 heteroatoms. The third-order valence-electron chi connectivity index (χ3n) is 4.07. The van der Waals surface area contributed by atoms with E-state index in [1.165, 1.54) is 4.80 Å². The Labute approximate surface area is 161 Å². The van der Waals surface area contributed by atoms with E-state index in [0.29, 0.717) is 16.6 Å². The highest BCUT2D eigenvalue weighted by atomic mass is 35.5. The van der Waals surface area contributed by atoms with Gasteiger partial charge in [-0.1, -0.05) is 54.1 Å². The number of rotatable bonds is 6. The zero-order valence-electron chi connectivity index (χ0n) is 14.4. The molecule has 0 aliphatic carbocycles. The predicted octanol–water partition coefficient (Wildman–Crippen LogP) is 3.59. The van der Waals surface area contributed by atoms with Gasteiger partial charge in [0.1, 0.15) is 18.5 Å². The summed E-state index contributed by atoms with van der Waals surface area (Å²) >= 11 is 5.98. The van der Waals surface area contributed by atoms with Crippen LogP contribution in [0.15, 0.2) is 66.7 Å². The summed E-state index contributed by atoms with van der Waals surface area (Å²) in [6.45, 7) is 0.313. The van der Waals surface area contributed by atoms with Gasteiger partial charge in [0.2, 0.25) is 5.82 Å². The minimum Gasteiger partial charge on any atom is -0.491 e. The summed E-state index contributed by atoms with van der Waals surface area (Å²) < 4.78 is 5.70. The summed E-state index contributed by atoms with van der Waals surface area (Å²) in [6, 6.07) is 21.1. The van der Waals surface area contributed by atoms with Crippen molar-refractivity contribution >= 4 is 22.4 Å². The van der Waals surface area contributed by atoms with Crippen LogP contribution >= 0.6 is 11.6 Å². The molecule has 136 valence electrons. The normalized spacial score (nSPS) is 12.2. The fourth-order valence-corrected chi connectivity index (χ4v) is 2.94. The average Bonchev–Trinajstić information content (AvgIpc) is 3.15. The number of hydrogen-bond acceptors (Lipinski definition) is 5. The minimum absolute atomic E-state index is 0.131. The Bertz CT molecular complexity index is 1070. The van der Waals surface area contributed by atoms with Gasteiger partial charge in [0.05, 0.1) is 6.54 Å². The fraction of sp³-hybridized carbons (Fsp3) is 0.150. The Kier molecular flexibility index (Phi) is 5.00. The molecule has 0 bridgehead atoms. The molecule has 4 rings (SSSR count). The Balaban J connectivity index is 1.37. The lowest BCUT2D eigenvalue weighted by Crippen LogP contribution is -2.24. The molecule has 3 aromatic carbocycles. The van der Waals surface area contributed by atoms with Crippen molar-refractivity contribution in [1.82, 2.24) is 20.2 Å². The van der Waals surface area contributed by atoms with Crippen molar-refractivity contribution < 1.29 is 9.84 Å². The van der Waals surface area contributed by atoms with E-state index in [1.807, 2.05) is 54.6 Å². The first kappa shape index (κ1) is 17.5. The molecule has 0 saturated carbocycles. The molecule has 0 aliphatic rings. The number of aliphatic hydroxyl groups excluding tert-OH is 1. The van der Waals surface area contributed by atoms with Gasteiger partial charge < -0.3 is 9.84 Å². The smallest absolute Gasteiger partial charge is 0.204 e. The number of aliphatic hydroxyl groups is 1. The zero-order chi connectivity index (χ0) is 18.6. The van der Waals surface area contributed by atoms with Crippen molar-refractivity contribution in [2.75, 3.05) is 6.61 Å². The van der Waals surface area contributed by atoms with Crippen molar-refractivity contribution in [3.63, 3.8) is 0 Å². The number of nitrogens with zero attached hydrogens (tertiary/aromatic N) is 4. The van der Waals surface area contributed by atoms with E-state index in [2.05, 4.69) is 15.4 Å². The highest BCUT2D eigenvalue weighted by molar-refractivity contribution is 6.30. The summed E-state index contributed by atoms with van der Waals surface area (Å²) in [7, 11) is 0. The van der Waals surface area contributed by atoms with Gasteiger partial charge in [0.15, 0.2) is 0 Å². The lowest BCUT2D eigenvalue weighted by atomic mass is 10.1. The van der Waals surface area contributed by atoms with Crippen molar-refractivity contribution in [3.05, 3.63) is 71.8 Å². The average molecular weight is 381 g/mol. The summed E-state index contributed by atoms with van der Waals surface area (Å²) in [6.07, 6.45) is -0.766. The maximum atomic E-state index is 10.2. The van der Waals surface area contributed by atoms with E-state index >= 15 is 0 Å². The molecule has 27 heavy (non-hydrogen) atoms.